The van der Waals surface area contributed by atoms with Crippen LogP contribution in [0, 0.1) is 0 Å². The lowest BCUT2D eigenvalue weighted by Crippen LogP contribution is -2.27. The number of hydrogen-bond donors (Lipinski definition) is 1. The van der Waals surface area contributed by atoms with Gasteiger partial charge in [-0.3, -0.25) is 4.79 Å². The molecule has 0 radical (unpaired) electrons. The molecule has 1 N–H and O–H groups in total. The largest absolute Gasteiger partial charge is 0.481 e. The average Bonchev–Trinajstić information content (AvgIpc) is 2.92. The highest BCUT2D eigenvalue weighted by Gasteiger charge is 2.33. The van der Waals surface area contributed by atoms with Gasteiger partial charge >= 0.3 is 5.97 Å². The molecule has 0 amide bonds. The van der Waals surface area contributed by atoms with E-state index in [1.807, 2.05) is 48.5 Å². The average molecular weight is 296 g/mol. The Morgan fingerprint density at radius 2 is 1.64 bits per heavy atom. The van der Waals surface area contributed by atoms with Crippen molar-refractivity contribution in [3.05, 3.63) is 60.4 Å². The molecule has 2 bridgehead atoms. The summed E-state index contributed by atoms with van der Waals surface area (Å²) in [4.78, 5) is 11.0. The fourth-order valence-corrected chi connectivity index (χ4v) is 2.07. The molecule has 3 aromatic rings. The van der Waals surface area contributed by atoms with Gasteiger partial charge in [0.2, 0.25) is 0 Å². The Morgan fingerprint density at radius 1 is 1.00 bits per heavy atom. The molecule has 0 spiro atoms. The molecule has 22 heavy (non-hydrogen) atoms. The standard InChI is InChI=1S/C12H12O3.C6H4O/c1-12(2,11(13)14)10-7-8-5-3-4-6-9(8)15-10;1-2-5-4-6(3-1)7-5/h3-7H,1-2H3,(H,13,14);1-4H. The number of para-hydroxylation sites is 1. The van der Waals surface area contributed by atoms with E-state index in [9.17, 15) is 4.79 Å². The molecule has 4 nitrogen and oxygen atoms in total. The third-order valence-electron chi connectivity index (χ3n) is 3.62. The van der Waals surface area contributed by atoms with Crippen molar-refractivity contribution in [2.75, 3.05) is 0 Å². The maximum Gasteiger partial charge on any atom is 0.316 e. The maximum absolute atomic E-state index is 11.0. The van der Waals surface area contributed by atoms with Gasteiger partial charge in [0.1, 0.15) is 28.3 Å². The van der Waals surface area contributed by atoms with Crippen LogP contribution in [0.15, 0.2) is 59.0 Å². The van der Waals surface area contributed by atoms with Gasteiger partial charge in [0.25, 0.3) is 0 Å². The van der Waals surface area contributed by atoms with Gasteiger partial charge in [0.15, 0.2) is 0 Å². The van der Waals surface area contributed by atoms with Gasteiger partial charge in [-0.2, -0.15) is 0 Å². The van der Waals surface area contributed by atoms with Crippen molar-refractivity contribution in [1.29, 1.82) is 0 Å². The first-order chi connectivity index (χ1) is 10.5. The van der Waals surface area contributed by atoms with Gasteiger partial charge in [0.05, 0.1) is 0 Å². The zero-order valence-electron chi connectivity index (χ0n) is 12.4. The molecule has 3 heterocycles. The van der Waals surface area contributed by atoms with E-state index in [0.717, 1.165) is 22.5 Å². The number of furan rings is 1. The molecule has 0 fully saturated rings. The molecule has 0 atom stereocenters. The maximum atomic E-state index is 11.0. The Morgan fingerprint density at radius 3 is 2.09 bits per heavy atom. The third-order valence-corrected chi connectivity index (χ3v) is 3.62. The topological polar surface area (TPSA) is 59.7 Å². The second kappa shape index (κ2) is 5.22. The van der Waals surface area contributed by atoms with E-state index in [-0.39, 0.29) is 0 Å². The molecular weight excluding hydrogens is 280 g/mol. The normalized spacial score (nSPS) is 11.9. The highest BCUT2D eigenvalue weighted by atomic mass is 16.5. The second-order valence-electron chi connectivity index (χ2n) is 5.66. The Labute approximate surface area is 127 Å². The van der Waals surface area contributed by atoms with Crippen molar-refractivity contribution in [1.82, 2.24) is 0 Å². The summed E-state index contributed by atoms with van der Waals surface area (Å²) in [5, 5.41) is 9.99. The summed E-state index contributed by atoms with van der Waals surface area (Å²) in [6, 6.07) is 17.1. The van der Waals surface area contributed by atoms with E-state index in [1.165, 1.54) is 0 Å². The molecular formula is C18H16O4. The predicted molar refractivity (Wildman–Crippen MR) is 83.4 cm³/mol. The van der Waals surface area contributed by atoms with Gasteiger partial charge in [-0.25, -0.2) is 0 Å². The fraction of sp³-hybridized carbons (Fsp3) is 0.167. The number of carboxylic acids is 1. The summed E-state index contributed by atoms with van der Waals surface area (Å²) in [6.07, 6.45) is 0. The van der Waals surface area contributed by atoms with E-state index >= 15 is 0 Å². The summed E-state index contributed by atoms with van der Waals surface area (Å²) in [6.45, 7) is 3.26. The minimum Gasteiger partial charge on any atom is -0.481 e. The van der Waals surface area contributed by atoms with Crippen LogP contribution in [0.25, 0.3) is 11.0 Å². The molecule has 2 aliphatic rings. The third kappa shape index (κ3) is 2.55. The number of hydrogen-bond acceptors (Lipinski definition) is 3. The van der Waals surface area contributed by atoms with Crippen molar-refractivity contribution in [3.63, 3.8) is 0 Å². The minimum atomic E-state index is -0.987. The van der Waals surface area contributed by atoms with Crippen LogP contribution >= 0.6 is 0 Å². The van der Waals surface area contributed by atoms with Crippen LogP contribution in [0.4, 0.5) is 0 Å². The predicted octanol–water partition coefficient (Wildman–Crippen LogP) is 4.59. The summed E-state index contributed by atoms with van der Waals surface area (Å²) in [5.41, 5.74) is -0.263. The lowest BCUT2D eigenvalue weighted by atomic mass is 9.90. The zero-order chi connectivity index (χ0) is 15.7. The first kappa shape index (κ1) is 14.2. The summed E-state index contributed by atoms with van der Waals surface area (Å²) in [7, 11) is 0. The van der Waals surface area contributed by atoms with E-state index < -0.39 is 11.4 Å². The van der Waals surface area contributed by atoms with Crippen LogP contribution in [-0.4, -0.2) is 11.1 Å². The van der Waals surface area contributed by atoms with Crippen molar-refractivity contribution < 1.29 is 19.1 Å². The Balaban J connectivity index is 0.000000169. The zero-order valence-corrected chi connectivity index (χ0v) is 12.4. The molecule has 2 aromatic carbocycles. The smallest absolute Gasteiger partial charge is 0.316 e. The first-order valence-electron chi connectivity index (χ1n) is 6.97. The summed E-state index contributed by atoms with van der Waals surface area (Å²) < 4.78 is 10.5. The first-order valence-corrected chi connectivity index (χ1v) is 6.97. The lowest BCUT2D eigenvalue weighted by Gasteiger charge is -2.15. The number of carbonyl (C=O) groups is 1. The van der Waals surface area contributed by atoms with E-state index in [2.05, 4.69) is 0 Å². The highest BCUT2D eigenvalue weighted by Crippen LogP contribution is 2.33. The number of fused-ring (bicyclic) bond motifs is 3. The van der Waals surface area contributed by atoms with Gasteiger partial charge in [-0.1, -0.05) is 24.3 Å². The van der Waals surface area contributed by atoms with Crippen LogP contribution < -0.4 is 4.74 Å². The number of benzene rings is 2. The monoisotopic (exact) mass is 296 g/mol. The number of ether oxygens (including phenoxy) is 1. The molecule has 0 aliphatic carbocycles. The highest BCUT2D eigenvalue weighted by molar-refractivity contribution is 5.83. The second-order valence-corrected chi connectivity index (χ2v) is 5.66. The van der Waals surface area contributed by atoms with Crippen molar-refractivity contribution >= 4 is 16.9 Å². The molecule has 4 heteroatoms. The fourth-order valence-electron chi connectivity index (χ4n) is 2.07. The number of carboxylic acid groups (broad SMARTS) is 1. The van der Waals surface area contributed by atoms with Gasteiger partial charge < -0.3 is 14.3 Å². The van der Waals surface area contributed by atoms with E-state index in [0.29, 0.717) is 5.76 Å². The van der Waals surface area contributed by atoms with Crippen molar-refractivity contribution in [2.45, 2.75) is 19.3 Å². The molecule has 0 unspecified atom stereocenters. The Kier molecular flexibility index (Phi) is 3.37. The Hall–Kier alpha value is -2.75. The number of rotatable bonds is 2. The molecule has 0 saturated heterocycles. The quantitative estimate of drug-likeness (QED) is 0.588. The molecule has 112 valence electrons. The van der Waals surface area contributed by atoms with Crippen LogP contribution in [0.5, 0.6) is 11.5 Å². The Bertz CT molecular complexity index is 772. The van der Waals surface area contributed by atoms with Gasteiger partial charge in [-0.05, 0) is 38.1 Å². The van der Waals surface area contributed by atoms with E-state index in [1.54, 1.807) is 19.9 Å². The molecule has 1 aromatic heterocycles. The molecule has 5 rings (SSSR count). The van der Waals surface area contributed by atoms with Crippen LogP contribution in [0.3, 0.4) is 0 Å². The SMILES string of the molecule is CC(C)(C(=O)O)c1cc2ccccc2o1.c1cc2cc(c1)O2. The van der Waals surface area contributed by atoms with E-state index in [4.69, 9.17) is 14.3 Å². The summed E-state index contributed by atoms with van der Waals surface area (Å²) in [5.74, 6) is 1.56. The van der Waals surface area contributed by atoms with Crippen LogP contribution in [0.1, 0.15) is 19.6 Å². The van der Waals surface area contributed by atoms with Crippen molar-refractivity contribution in [2.24, 2.45) is 0 Å². The van der Waals surface area contributed by atoms with Crippen LogP contribution in [0.2, 0.25) is 0 Å². The summed E-state index contributed by atoms with van der Waals surface area (Å²) >= 11 is 0. The molecule has 0 saturated carbocycles. The lowest BCUT2D eigenvalue weighted by molar-refractivity contribution is -0.143. The van der Waals surface area contributed by atoms with Gasteiger partial charge in [0, 0.05) is 11.5 Å². The van der Waals surface area contributed by atoms with Crippen LogP contribution in [-0.2, 0) is 10.2 Å². The number of aliphatic carboxylic acids is 1. The molecule has 2 aliphatic heterocycles. The van der Waals surface area contributed by atoms with Gasteiger partial charge in [-0.15, -0.1) is 0 Å². The minimum absolute atomic E-state index is 0.483. The van der Waals surface area contributed by atoms with Crippen molar-refractivity contribution in [3.8, 4) is 11.5 Å².